The lowest BCUT2D eigenvalue weighted by Crippen LogP contribution is -2.09. The highest BCUT2D eigenvalue weighted by Crippen LogP contribution is 2.32. The minimum absolute atomic E-state index is 0.809. The van der Waals surface area contributed by atoms with Crippen LogP contribution in [0.4, 0.5) is 0 Å². The van der Waals surface area contributed by atoms with Gasteiger partial charge in [0.05, 0.1) is 0 Å². The molecule has 1 fully saturated rings. The van der Waals surface area contributed by atoms with Gasteiger partial charge in [0.2, 0.25) is 0 Å². The van der Waals surface area contributed by atoms with Crippen molar-refractivity contribution in [2.75, 3.05) is 5.75 Å². The van der Waals surface area contributed by atoms with Gasteiger partial charge in [-0.1, -0.05) is 49.2 Å². The first kappa shape index (κ1) is 16.3. The van der Waals surface area contributed by atoms with Gasteiger partial charge in [0.25, 0.3) is 0 Å². The number of para-hydroxylation sites is 1. The molecule has 0 radical (unpaired) electrons. The van der Waals surface area contributed by atoms with E-state index in [1.807, 2.05) is 30.0 Å². The summed E-state index contributed by atoms with van der Waals surface area (Å²) in [4.78, 5) is 4.11. The fourth-order valence-electron chi connectivity index (χ4n) is 3.41. The molecule has 0 atom stereocenters. The Bertz CT molecular complexity index is 795. The van der Waals surface area contributed by atoms with Crippen molar-refractivity contribution in [1.29, 1.82) is 0 Å². The second-order valence-corrected chi connectivity index (χ2v) is 7.52. The zero-order chi connectivity index (χ0) is 16.9. The Balaban J connectivity index is 1.65. The SMILES string of the molecule is c1ccc(-n2c(SCC3CCCCC3)nnc2-c2ccncc2)cc1. The summed E-state index contributed by atoms with van der Waals surface area (Å²) in [5, 5.41) is 9.98. The molecule has 1 aliphatic carbocycles. The molecule has 128 valence electrons. The van der Waals surface area contributed by atoms with E-state index in [2.05, 4.69) is 44.0 Å². The van der Waals surface area contributed by atoms with Crippen LogP contribution in [0.2, 0.25) is 0 Å². The number of hydrogen-bond donors (Lipinski definition) is 0. The van der Waals surface area contributed by atoms with Crippen molar-refractivity contribution in [2.24, 2.45) is 5.92 Å². The number of nitrogens with zero attached hydrogens (tertiary/aromatic N) is 4. The van der Waals surface area contributed by atoms with E-state index in [-0.39, 0.29) is 0 Å². The van der Waals surface area contributed by atoms with E-state index in [4.69, 9.17) is 0 Å². The third-order valence-electron chi connectivity index (χ3n) is 4.76. The molecule has 4 nitrogen and oxygen atoms in total. The average Bonchev–Trinajstić information content (AvgIpc) is 3.12. The molecule has 0 unspecified atom stereocenters. The smallest absolute Gasteiger partial charge is 0.196 e. The Hall–Kier alpha value is -2.14. The molecule has 1 aromatic carbocycles. The molecular weight excluding hydrogens is 328 g/mol. The van der Waals surface area contributed by atoms with Crippen molar-refractivity contribution in [2.45, 2.75) is 37.3 Å². The van der Waals surface area contributed by atoms with E-state index < -0.39 is 0 Å². The number of pyridine rings is 1. The van der Waals surface area contributed by atoms with Crippen LogP contribution in [0.1, 0.15) is 32.1 Å². The van der Waals surface area contributed by atoms with E-state index >= 15 is 0 Å². The summed E-state index contributed by atoms with van der Waals surface area (Å²) < 4.78 is 2.17. The standard InChI is InChI=1S/C20H22N4S/c1-3-7-16(8-4-1)15-25-20-23-22-19(17-11-13-21-14-12-17)24(20)18-9-5-2-6-10-18/h2,5-6,9-14,16H,1,3-4,7-8,15H2. The van der Waals surface area contributed by atoms with E-state index in [0.29, 0.717) is 0 Å². The molecule has 0 aliphatic heterocycles. The van der Waals surface area contributed by atoms with Gasteiger partial charge in [-0.2, -0.15) is 0 Å². The highest BCUT2D eigenvalue weighted by Gasteiger charge is 2.19. The van der Waals surface area contributed by atoms with E-state index in [9.17, 15) is 0 Å². The molecule has 3 aromatic rings. The van der Waals surface area contributed by atoms with Crippen LogP contribution in [-0.2, 0) is 0 Å². The van der Waals surface area contributed by atoms with Crippen LogP contribution in [0.3, 0.4) is 0 Å². The topological polar surface area (TPSA) is 43.6 Å². The lowest BCUT2D eigenvalue weighted by atomic mass is 9.91. The fraction of sp³-hybridized carbons (Fsp3) is 0.350. The van der Waals surface area contributed by atoms with Gasteiger partial charge in [-0.3, -0.25) is 9.55 Å². The first-order valence-corrected chi connectivity index (χ1v) is 9.94. The third kappa shape index (κ3) is 3.76. The largest absolute Gasteiger partial charge is 0.270 e. The van der Waals surface area contributed by atoms with Gasteiger partial charge in [-0.15, -0.1) is 10.2 Å². The Kier molecular flexibility index (Phi) is 5.11. The molecule has 25 heavy (non-hydrogen) atoms. The Morgan fingerprint density at radius 1 is 0.920 bits per heavy atom. The van der Waals surface area contributed by atoms with Gasteiger partial charge in [0.15, 0.2) is 11.0 Å². The summed E-state index contributed by atoms with van der Waals surface area (Å²) in [5.74, 6) is 2.81. The van der Waals surface area contributed by atoms with Gasteiger partial charge in [0.1, 0.15) is 0 Å². The van der Waals surface area contributed by atoms with Crippen molar-refractivity contribution in [1.82, 2.24) is 19.7 Å². The molecule has 4 rings (SSSR count). The molecule has 1 saturated carbocycles. The second kappa shape index (κ2) is 7.83. The van der Waals surface area contributed by atoms with Gasteiger partial charge in [-0.05, 0) is 43.0 Å². The maximum atomic E-state index is 4.51. The zero-order valence-electron chi connectivity index (χ0n) is 14.2. The molecule has 0 saturated heterocycles. The predicted molar refractivity (Wildman–Crippen MR) is 102 cm³/mol. The molecular formula is C20H22N4S. The lowest BCUT2D eigenvalue weighted by molar-refractivity contribution is 0.390. The van der Waals surface area contributed by atoms with Crippen molar-refractivity contribution in [3.8, 4) is 17.1 Å². The molecule has 0 N–H and O–H groups in total. The van der Waals surface area contributed by atoms with E-state index in [1.165, 1.54) is 32.1 Å². The Morgan fingerprint density at radius 2 is 1.68 bits per heavy atom. The number of hydrogen-bond acceptors (Lipinski definition) is 4. The minimum Gasteiger partial charge on any atom is -0.270 e. The number of benzene rings is 1. The van der Waals surface area contributed by atoms with Gasteiger partial charge in [-0.25, -0.2) is 0 Å². The Morgan fingerprint density at radius 3 is 2.44 bits per heavy atom. The zero-order valence-corrected chi connectivity index (χ0v) is 15.0. The van der Waals surface area contributed by atoms with Gasteiger partial charge < -0.3 is 0 Å². The molecule has 2 aromatic heterocycles. The van der Waals surface area contributed by atoms with Crippen molar-refractivity contribution in [3.05, 3.63) is 54.9 Å². The maximum absolute atomic E-state index is 4.51. The van der Waals surface area contributed by atoms with Crippen molar-refractivity contribution >= 4 is 11.8 Å². The molecule has 0 bridgehead atoms. The summed E-state index contributed by atoms with van der Waals surface area (Å²) in [6.45, 7) is 0. The summed E-state index contributed by atoms with van der Waals surface area (Å²) in [6.07, 6.45) is 10.4. The molecule has 0 spiro atoms. The van der Waals surface area contributed by atoms with E-state index in [1.54, 1.807) is 12.4 Å². The van der Waals surface area contributed by atoms with Crippen molar-refractivity contribution in [3.63, 3.8) is 0 Å². The highest BCUT2D eigenvalue weighted by molar-refractivity contribution is 7.99. The Labute approximate surface area is 152 Å². The summed E-state index contributed by atoms with van der Waals surface area (Å²) in [7, 11) is 0. The van der Waals surface area contributed by atoms with Crippen LogP contribution >= 0.6 is 11.8 Å². The fourth-order valence-corrected chi connectivity index (χ4v) is 4.55. The first-order valence-electron chi connectivity index (χ1n) is 8.96. The summed E-state index contributed by atoms with van der Waals surface area (Å²) in [5.41, 5.74) is 2.14. The van der Waals surface area contributed by atoms with Crippen LogP contribution < -0.4 is 0 Å². The third-order valence-corrected chi connectivity index (χ3v) is 5.92. The lowest BCUT2D eigenvalue weighted by Gasteiger charge is -2.20. The van der Waals surface area contributed by atoms with Crippen LogP contribution in [0.15, 0.2) is 60.0 Å². The van der Waals surface area contributed by atoms with Crippen LogP contribution in [-0.4, -0.2) is 25.5 Å². The monoisotopic (exact) mass is 350 g/mol. The quantitative estimate of drug-likeness (QED) is 0.607. The average molecular weight is 350 g/mol. The van der Waals surface area contributed by atoms with Crippen molar-refractivity contribution < 1.29 is 0 Å². The van der Waals surface area contributed by atoms with Crippen LogP contribution in [0.5, 0.6) is 0 Å². The molecule has 0 amide bonds. The van der Waals surface area contributed by atoms with Gasteiger partial charge >= 0.3 is 0 Å². The summed E-state index contributed by atoms with van der Waals surface area (Å²) >= 11 is 1.84. The minimum atomic E-state index is 0.809. The second-order valence-electron chi connectivity index (χ2n) is 6.53. The highest BCUT2D eigenvalue weighted by atomic mass is 32.2. The van der Waals surface area contributed by atoms with E-state index in [0.717, 1.165) is 33.9 Å². The first-order chi connectivity index (χ1) is 12.4. The predicted octanol–water partition coefficient (Wildman–Crippen LogP) is 5.00. The molecule has 1 aliphatic rings. The van der Waals surface area contributed by atoms with Crippen LogP contribution in [0.25, 0.3) is 17.1 Å². The molecule has 5 heteroatoms. The number of rotatable bonds is 5. The maximum Gasteiger partial charge on any atom is 0.196 e. The van der Waals surface area contributed by atoms with Crippen LogP contribution in [0, 0.1) is 5.92 Å². The normalized spacial score (nSPS) is 15.4. The molecule has 2 heterocycles. The number of aromatic nitrogens is 4. The summed E-state index contributed by atoms with van der Waals surface area (Å²) in [6, 6.07) is 14.3. The van der Waals surface area contributed by atoms with Gasteiger partial charge in [0, 0.05) is 29.4 Å². The number of thioether (sulfide) groups is 1.